The number of rotatable bonds is 1. The zero-order chi connectivity index (χ0) is 25.9. The first kappa shape index (κ1) is 20.7. The zero-order valence-electron chi connectivity index (χ0n) is 21.5. The molecule has 0 atom stereocenters. The van der Waals surface area contributed by atoms with Crippen molar-refractivity contribution in [2.24, 2.45) is 0 Å². The Morgan fingerprint density at radius 2 is 1.15 bits per heavy atom. The summed E-state index contributed by atoms with van der Waals surface area (Å²) in [5.41, 5.74) is 15.6. The normalized spacial score (nSPS) is 13.8. The van der Waals surface area contributed by atoms with E-state index in [1.165, 1.54) is 61.6 Å². The van der Waals surface area contributed by atoms with Gasteiger partial charge in [-0.2, -0.15) is 0 Å². The molecular formula is C36H21BN2O. The van der Waals surface area contributed by atoms with Crippen molar-refractivity contribution in [3.05, 3.63) is 127 Å². The van der Waals surface area contributed by atoms with E-state index in [1.807, 2.05) is 0 Å². The second kappa shape index (κ2) is 7.25. The quantitative estimate of drug-likeness (QED) is 0.208. The Bertz CT molecular complexity index is 2200. The van der Waals surface area contributed by atoms with Gasteiger partial charge >= 0.3 is 6.85 Å². The molecule has 10 rings (SSSR count). The number of furan rings is 1. The van der Waals surface area contributed by atoms with Crippen molar-refractivity contribution in [2.45, 2.75) is 0 Å². The van der Waals surface area contributed by atoms with Crippen molar-refractivity contribution in [1.29, 1.82) is 0 Å². The summed E-state index contributed by atoms with van der Waals surface area (Å²) in [5, 5.41) is 2.32. The highest BCUT2D eigenvalue weighted by Gasteiger charge is 2.49. The van der Waals surface area contributed by atoms with E-state index in [-0.39, 0.29) is 6.85 Å². The third-order valence-corrected chi connectivity index (χ3v) is 8.98. The van der Waals surface area contributed by atoms with Crippen molar-refractivity contribution in [2.75, 3.05) is 9.71 Å². The summed E-state index contributed by atoms with van der Waals surface area (Å²) in [6.45, 7) is 0.0709. The third kappa shape index (κ3) is 2.39. The average molecular weight is 508 g/mol. The SMILES string of the molecule is c1ccc(N2c3cccc4c3B3c5c(cccc52)-c2c(ccc5c2oc2ccccc25)N3c2ccccc2-4)cc1. The molecule has 3 aliphatic heterocycles. The van der Waals surface area contributed by atoms with Gasteiger partial charge in [0.05, 0.1) is 0 Å². The fourth-order valence-electron chi connectivity index (χ4n) is 7.47. The molecule has 0 fully saturated rings. The smallest absolute Gasteiger partial charge is 0.333 e. The summed E-state index contributed by atoms with van der Waals surface area (Å²) in [4.78, 5) is 5.02. The standard InChI is InChI=1S/C36H21BN2O/c1-2-10-22(11-3-1)38-30-17-8-14-25-23-12-4-6-16-28(23)39-29-21-20-26-24-13-5-7-19-32(24)40-36(26)33(29)27-15-9-18-31(38)35(27)37(39)34(25)30/h1-21H. The van der Waals surface area contributed by atoms with Gasteiger partial charge in [-0.3, -0.25) is 0 Å². The number of hydrogen-bond acceptors (Lipinski definition) is 3. The molecule has 3 nitrogen and oxygen atoms in total. The van der Waals surface area contributed by atoms with Crippen LogP contribution in [-0.2, 0) is 0 Å². The summed E-state index contributed by atoms with van der Waals surface area (Å²) in [6.07, 6.45) is 0. The van der Waals surface area contributed by atoms with E-state index in [1.54, 1.807) is 0 Å². The van der Waals surface area contributed by atoms with Gasteiger partial charge in [-0.05, 0) is 70.6 Å². The van der Waals surface area contributed by atoms with Gasteiger partial charge in [-0.15, -0.1) is 0 Å². The minimum Gasteiger partial charge on any atom is -0.455 e. The Kier molecular flexibility index (Phi) is 3.75. The number of nitrogens with zero attached hydrogens (tertiary/aromatic N) is 2. The predicted octanol–water partition coefficient (Wildman–Crippen LogP) is 8.27. The van der Waals surface area contributed by atoms with Gasteiger partial charge in [0.2, 0.25) is 0 Å². The Hall–Kier alpha value is -5.22. The highest BCUT2D eigenvalue weighted by atomic mass is 16.3. The Labute approximate surface area is 231 Å². The van der Waals surface area contributed by atoms with Gasteiger partial charge in [0.15, 0.2) is 0 Å². The lowest BCUT2D eigenvalue weighted by Crippen LogP contribution is -2.63. The number of fused-ring (bicyclic) bond motifs is 10. The van der Waals surface area contributed by atoms with Gasteiger partial charge in [0, 0.05) is 50.3 Å². The van der Waals surface area contributed by atoms with Crippen LogP contribution in [0.5, 0.6) is 0 Å². The van der Waals surface area contributed by atoms with Crippen LogP contribution in [0.1, 0.15) is 0 Å². The number of benzene rings is 6. The van der Waals surface area contributed by atoms with Gasteiger partial charge in [-0.25, -0.2) is 0 Å². The van der Waals surface area contributed by atoms with E-state index in [0.717, 1.165) is 21.9 Å². The van der Waals surface area contributed by atoms with Crippen LogP contribution in [0.25, 0.3) is 44.2 Å². The van der Waals surface area contributed by atoms with E-state index in [4.69, 9.17) is 4.42 Å². The lowest BCUT2D eigenvalue weighted by Gasteiger charge is -2.48. The summed E-state index contributed by atoms with van der Waals surface area (Å²) in [6, 6.07) is 46.1. The van der Waals surface area contributed by atoms with Crippen LogP contribution in [-0.4, -0.2) is 6.85 Å². The van der Waals surface area contributed by atoms with Crippen molar-refractivity contribution in [3.8, 4) is 22.3 Å². The van der Waals surface area contributed by atoms with Crippen molar-refractivity contribution >= 4 is 68.1 Å². The van der Waals surface area contributed by atoms with Crippen LogP contribution in [0.3, 0.4) is 0 Å². The Morgan fingerprint density at radius 3 is 2.02 bits per heavy atom. The van der Waals surface area contributed by atoms with E-state index in [9.17, 15) is 0 Å². The minimum atomic E-state index is 0.0709. The second-order valence-corrected chi connectivity index (χ2v) is 10.9. The molecule has 0 unspecified atom stereocenters. The molecule has 0 aliphatic carbocycles. The van der Waals surface area contributed by atoms with Crippen molar-refractivity contribution in [3.63, 3.8) is 0 Å². The Balaban J connectivity index is 1.41. The van der Waals surface area contributed by atoms with Gasteiger partial charge < -0.3 is 14.1 Å². The van der Waals surface area contributed by atoms with Crippen LogP contribution in [0.15, 0.2) is 132 Å². The molecule has 3 aliphatic rings. The second-order valence-electron chi connectivity index (χ2n) is 10.9. The van der Waals surface area contributed by atoms with Crippen LogP contribution >= 0.6 is 0 Å². The summed E-state index contributed by atoms with van der Waals surface area (Å²) in [5.74, 6) is 0. The molecule has 4 heteroatoms. The molecule has 0 saturated carbocycles. The number of anilines is 5. The molecule has 0 bridgehead atoms. The molecule has 4 heterocycles. The van der Waals surface area contributed by atoms with Crippen LogP contribution in [0, 0.1) is 0 Å². The highest BCUT2D eigenvalue weighted by molar-refractivity contribution is 6.95. The first-order valence-electron chi connectivity index (χ1n) is 13.8. The van der Waals surface area contributed by atoms with E-state index < -0.39 is 0 Å². The summed E-state index contributed by atoms with van der Waals surface area (Å²) in [7, 11) is 0. The summed E-state index contributed by atoms with van der Waals surface area (Å²) < 4.78 is 6.67. The average Bonchev–Trinajstić information content (AvgIpc) is 3.40. The molecule has 6 aromatic carbocycles. The predicted molar refractivity (Wildman–Crippen MR) is 166 cm³/mol. The topological polar surface area (TPSA) is 19.6 Å². The largest absolute Gasteiger partial charge is 0.455 e. The van der Waals surface area contributed by atoms with E-state index >= 15 is 0 Å². The fraction of sp³-hybridized carbons (Fsp3) is 0. The number of hydrogen-bond donors (Lipinski definition) is 0. The highest BCUT2D eigenvalue weighted by Crippen LogP contribution is 2.53. The molecule has 1 aromatic heterocycles. The molecular weight excluding hydrogens is 487 g/mol. The first-order chi connectivity index (χ1) is 19.9. The number of para-hydroxylation sites is 3. The molecule has 0 spiro atoms. The van der Waals surface area contributed by atoms with Crippen LogP contribution < -0.4 is 20.6 Å². The molecule has 0 amide bonds. The molecule has 7 aromatic rings. The van der Waals surface area contributed by atoms with E-state index in [2.05, 4.69) is 137 Å². The molecule has 184 valence electrons. The zero-order valence-corrected chi connectivity index (χ0v) is 21.5. The fourth-order valence-corrected chi connectivity index (χ4v) is 7.47. The van der Waals surface area contributed by atoms with Crippen molar-refractivity contribution in [1.82, 2.24) is 0 Å². The monoisotopic (exact) mass is 508 g/mol. The summed E-state index contributed by atoms with van der Waals surface area (Å²) >= 11 is 0. The van der Waals surface area contributed by atoms with Crippen LogP contribution in [0.2, 0.25) is 0 Å². The van der Waals surface area contributed by atoms with Crippen molar-refractivity contribution < 1.29 is 4.42 Å². The maximum atomic E-state index is 6.67. The van der Waals surface area contributed by atoms with Crippen LogP contribution in [0.4, 0.5) is 28.4 Å². The molecule has 0 saturated heterocycles. The van der Waals surface area contributed by atoms with Gasteiger partial charge in [0.25, 0.3) is 0 Å². The Morgan fingerprint density at radius 1 is 0.475 bits per heavy atom. The third-order valence-electron chi connectivity index (χ3n) is 8.98. The molecule has 40 heavy (non-hydrogen) atoms. The lowest BCUT2D eigenvalue weighted by molar-refractivity contribution is 0.670. The molecule has 0 N–H and O–H groups in total. The van der Waals surface area contributed by atoms with Gasteiger partial charge in [-0.1, -0.05) is 78.9 Å². The minimum absolute atomic E-state index is 0.0709. The maximum absolute atomic E-state index is 6.67. The lowest BCUT2D eigenvalue weighted by atomic mass is 9.41. The van der Waals surface area contributed by atoms with E-state index in [0.29, 0.717) is 0 Å². The molecule has 0 radical (unpaired) electrons. The van der Waals surface area contributed by atoms with Gasteiger partial charge in [0.1, 0.15) is 11.2 Å². The first-order valence-corrected chi connectivity index (χ1v) is 13.8. The maximum Gasteiger partial charge on any atom is 0.333 e.